The van der Waals surface area contributed by atoms with Crippen LogP contribution in [0.4, 0.5) is 11.4 Å². The fourth-order valence-electron chi connectivity index (χ4n) is 4.24. The van der Waals surface area contributed by atoms with Gasteiger partial charge in [0.15, 0.2) is 5.16 Å². The van der Waals surface area contributed by atoms with Crippen molar-refractivity contribution >= 4 is 51.5 Å². The van der Waals surface area contributed by atoms with Gasteiger partial charge >= 0.3 is 0 Å². The van der Waals surface area contributed by atoms with Gasteiger partial charge in [0.05, 0.1) is 27.3 Å². The first kappa shape index (κ1) is 24.8. The fraction of sp³-hybridized carbons (Fsp3) is 0.192. The Morgan fingerprint density at radius 2 is 1.59 bits per heavy atom. The number of amides is 1. The maximum Gasteiger partial charge on any atom is 0.269 e. The molecule has 1 aromatic heterocycles. The van der Waals surface area contributed by atoms with E-state index in [0.717, 1.165) is 5.69 Å². The Hall–Kier alpha value is -3.89. The number of carbonyl (C=O) groups excluding carboxylic acids is 1. The number of nitrogens with zero attached hydrogens (tertiary/aromatic N) is 5. The molecule has 1 aliphatic heterocycles. The standard InChI is InChI=1S/C26H22ClN5O4S/c27-18-5-7-20(8-6-18)31-25(34)22-3-1-2-4-23(22)28-26(31)37-17-24(33)30-15-13-29(14-16-30)19-9-11-21(12-10-19)32(35)36/h1-12H,13-17H2. The van der Waals surface area contributed by atoms with Crippen molar-refractivity contribution in [2.24, 2.45) is 0 Å². The summed E-state index contributed by atoms with van der Waals surface area (Å²) in [6, 6.07) is 20.5. The topological polar surface area (TPSA) is 102 Å². The molecule has 0 radical (unpaired) electrons. The van der Waals surface area contributed by atoms with Crippen molar-refractivity contribution in [1.29, 1.82) is 0 Å². The molecule has 2 heterocycles. The number of fused-ring (bicyclic) bond motifs is 1. The lowest BCUT2D eigenvalue weighted by Gasteiger charge is -2.36. The zero-order chi connectivity index (χ0) is 25.9. The van der Waals surface area contributed by atoms with Gasteiger partial charge in [-0.25, -0.2) is 4.98 Å². The van der Waals surface area contributed by atoms with Gasteiger partial charge in [-0.15, -0.1) is 0 Å². The van der Waals surface area contributed by atoms with Crippen LogP contribution in [0.3, 0.4) is 0 Å². The number of anilines is 1. The third kappa shape index (κ3) is 5.30. The number of non-ortho nitro benzene ring substituents is 1. The SMILES string of the molecule is O=C(CSc1nc2ccccc2c(=O)n1-c1ccc(Cl)cc1)N1CCN(c2ccc([N+](=O)[O-])cc2)CC1. The van der Waals surface area contributed by atoms with E-state index in [2.05, 4.69) is 9.88 Å². The largest absolute Gasteiger partial charge is 0.368 e. The molecular weight excluding hydrogens is 514 g/mol. The number of thioether (sulfide) groups is 1. The minimum atomic E-state index is -0.422. The fourth-order valence-corrected chi connectivity index (χ4v) is 5.29. The van der Waals surface area contributed by atoms with Crippen LogP contribution in [-0.2, 0) is 4.79 Å². The van der Waals surface area contributed by atoms with E-state index in [4.69, 9.17) is 11.6 Å². The number of benzene rings is 3. The van der Waals surface area contributed by atoms with Crippen molar-refractivity contribution in [3.05, 3.63) is 98.3 Å². The van der Waals surface area contributed by atoms with E-state index in [0.29, 0.717) is 52.9 Å². The predicted molar refractivity (Wildman–Crippen MR) is 145 cm³/mol. The third-order valence-electron chi connectivity index (χ3n) is 6.21. The van der Waals surface area contributed by atoms with Crippen LogP contribution in [-0.4, -0.2) is 57.2 Å². The maximum atomic E-state index is 13.3. The van der Waals surface area contributed by atoms with Crippen molar-refractivity contribution in [3.8, 4) is 5.69 Å². The number of rotatable bonds is 6. The van der Waals surface area contributed by atoms with Crippen LogP contribution < -0.4 is 10.5 Å². The van der Waals surface area contributed by atoms with Crippen molar-refractivity contribution in [1.82, 2.24) is 14.5 Å². The maximum absolute atomic E-state index is 13.3. The minimum absolute atomic E-state index is 0.0431. The minimum Gasteiger partial charge on any atom is -0.368 e. The van der Waals surface area contributed by atoms with Gasteiger partial charge in [-0.05, 0) is 48.5 Å². The smallest absolute Gasteiger partial charge is 0.269 e. The predicted octanol–water partition coefficient (Wildman–Crippen LogP) is 4.39. The highest BCUT2D eigenvalue weighted by Gasteiger charge is 2.23. The molecule has 37 heavy (non-hydrogen) atoms. The average molecular weight is 536 g/mol. The quantitative estimate of drug-likeness (QED) is 0.156. The lowest BCUT2D eigenvalue weighted by atomic mass is 10.2. The summed E-state index contributed by atoms with van der Waals surface area (Å²) in [6.45, 7) is 2.31. The zero-order valence-electron chi connectivity index (χ0n) is 19.6. The first-order valence-electron chi connectivity index (χ1n) is 11.6. The lowest BCUT2D eigenvalue weighted by molar-refractivity contribution is -0.384. The van der Waals surface area contributed by atoms with Gasteiger partial charge in [0.2, 0.25) is 5.91 Å². The Bertz CT molecular complexity index is 1520. The summed E-state index contributed by atoms with van der Waals surface area (Å²) in [7, 11) is 0. The summed E-state index contributed by atoms with van der Waals surface area (Å²) in [4.78, 5) is 45.4. The van der Waals surface area contributed by atoms with Crippen molar-refractivity contribution in [3.63, 3.8) is 0 Å². The van der Waals surface area contributed by atoms with Crippen LogP contribution in [0.5, 0.6) is 0 Å². The van der Waals surface area contributed by atoms with Crippen LogP contribution >= 0.6 is 23.4 Å². The third-order valence-corrected chi connectivity index (χ3v) is 7.39. The van der Waals surface area contributed by atoms with Gasteiger partial charge in [-0.3, -0.25) is 24.3 Å². The van der Waals surface area contributed by atoms with E-state index in [1.165, 1.54) is 28.5 Å². The zero-order valence-corrected chi connectivity index (χ0v) is 21.2. The van der Waals surface area contributed by atoms with Gasteiger partial charge in [0, 0.05) is 49.0 Å². The lowest BCUT2D eigenvalue weighted by Crippen LogP contribution is -2.49. The molecule has 0 atom stereocenters. The van der Waals surface area contributed by atoms with Gasteiger partial charge in [-0.2, -0.15) is 0 Å². The first-order valence-corrected chi connectivity index (χ1v) is 12.9. The van der Waals surface area contributed by atoms with Crippen molar-refractivity contribution in [2.45, 2.75) is 5.16 Å². The van der Waals surface area contributed by atoms with E-state index >= 15 is 0 Å². The Balaban J connectivity index is 1.30. The summed E-state index contributed by atoms with van der Waals surface area (Å²) in [6.07, 6.45) is 0. The second-order valence-corrected chi connectivity index (χ2v) is 9.84. The molecule has 5 rings (SSSR count). The number of piperazine rings is 1. The first-order chi connectivity index (χ1) is 17.9. The molecule has 0 aliphatic carbocycles. The number of hydrogen-bond donors (Lipinski definition) is 0. The number of aromatic nitrogens is 2. The van der Waals surface area contributed by atoms with Crippen LogP contribution in [0.2, 0.25) is 5.02 Å². The van der Waals surface area contributed by atoms with Crippen LogP contribution in [0.15, 0.2) is 82.7 Å². The monoisotopic (exact) mass is 535 g/mol. The molecule has 11 heteroatoms. The molecule has 0 bridgehead atoms. The number of nitro benzene ring substituents is 1. The highest BCUT2D eigenvalue weighted by atomic mass is 35.5. The van der Waals surface area contributed by atoms with E-state index in [1.807, 2.05) is 6.07 Å². The molecule has 1 amide bonds. The van der Waals surface area contributed by atoms with E-state index in [-0.39, 0.29) is 22.9 Å². The van der Waals surface area contributed by atoms with Crippen molar-refractivity contribution in [2.75, 3.05) is 36.8 Å². The van der Waals surface area contributed by atoms with Gasteiger partial charge in [-0.1, -0.05) is 35.5 Å². The molecule has 4 aromatic rings. The van der Waals surface area contributed by atoms with E-state index in [9.17, 15) is 19.7 Å². The van der Waals surface area contributed by atoms with Gasteiger partial charge in [0.1, 0.15) is 0 Å². The number of hydrogen-bond acceptors (Lipinski definition) is 7. The Labute approximate surface area is 221 Å². The molecule has 3 aromatic carbocycles. The highest BCUT2D eigenvalue weighted by Crippen LogP contribution is 2.24. The Morgan fingerprint density at radius 3 is 2.27 bits per heavy atom. The normalized spacial score (nSPS) is 13.6. The molecule has 0 spiro atoms. The summed E-state index contributed by atoms with van der Waals surface area (Å²) in [5.74, 6) is 0.0917. The summed E-state index contributed by atoms with van der Waals surface area (Å²) >= 11 is 7.27. The molecule has 1 saturated heterocycles. The second-order valence-electron chi connectivity index (χ2n) is 8.46. The highest BCUT2D eigenvalue weighted by molar-refractivity contribution is 7.99. The molecule has 0 unspecified atom stereocenters. The van der Waals surface area contributed by atoms with E-state index in [1.54, 1.807) is 59.5 Å². The molecule has 0 saturated carbocycles. The summed E-state index contributed by atoms with van der Waals surface area (Å²) in [5, 5.41) is 12.4. The molecule has 1 fully saturated rings. The Kier molecular flexibility index (Phi) is 7.11. The number of carbonyl (C=O) groups is 1. The number of nitro groups is 1. The average Bonchev–Trinajstić information content (AvgIpc) is 2.93. The van der Waals surface area contributed by atoms with Gasteiger partial charge in [0.25, 0.3) is 11.2 Å². The molecule has 188 valence electrons. The van der Waals surface area contributed by atoms with Gasteiger partial charge < -0.3 is 9.80 Å². The molecule has 1 aliphatic rings. The number of halogens is 1. The van der Waals surface area contributed by atoms with Crippen LogP contribution in [0, 0.1) is 10.1 Å². The van der Waals surface area contributed by atoms with Crippen LogP contribution in [0.25, 0.3) is 16.6 Å². The Morgan fingerprint density at radius 1 is 0.946 bits per heavy atom. The van der Waals surface area contributed by atoms with E-state index < -0.39 is 4.92 Å². The second kappa shape index (κ2) is 10.6. The summed E-state index contributed by atoms with van der Waals surface area (Å²) in [5.41, 5.74) is 1.93. The molecule has 9 nitrogen and oxygen atoms in total. The molecular formula is C26H22ClN5O4S. The van der Waals surface area contributed by atoms with Crippen molar-refractivity contribution < 1.29 is 9.72 Å². The summed E-state index contributed by atoms with van der Waals surface area (Å²) < 4.78 is 1.52. The number of para-hydroxylation sites is 1. The molecule has 0 N–H and O–H groups in total. The van der Waals surface area contributed by atoms with Crippen LogP contribution in [0.1, 0.15) is 0 Å².